The molecular weight excluding hydrogens is 213 g/mol. The van der Waals surface area contributed by atoms with Crippen LogP contribution in [0.2, 0.25) is 5.02 Å². The molecule has 0 bridgehead atoms. The van der Waals surface area contributed by atoms with E-state index >= 15 is 0 Å². The van der Waals surface area contributed by atoms with E-state index in [0.29, 0.717) is 12.0 Å². The average Bonchev–Trinajstić information content (AvgIpc) is 2.21. The van der Waals surface area contributed by atoms with E-state index in [2.05, 4.69) is 6.58 Å². The van der Waals surface area contributed by atoms with Crippen LogP contribution in [0, 0.1) is 5.82 Å². The summed E-state index contributed by atoms with van der Waals surface area (Å²) in [5.41, 5.74) is 7.35. The first-order valence-electron chi connectivity index (χ1n) is 4.92. The van der Waals surface area contributed by atoms with Gasteiger partial charge in [0.05, 0.1) is 5.02 Å². The maximum atomic E-state index is 13.6. The van der Waals surface area contributed by atoms with Crippen LogP contribution in [0.4, 0.5) is 4.39 Å². The van der Waals surface area contributed by atoms with E-state index in [4.69, 9.17) is 17.3 Å². The summed E-state index contributed by atoms with van der Waals surface area (Å²) in [5.74, 6) is -0.421. The highest BCUT2D eigenvalue weighted by Gasteiger charge is 2.13. The van der Waals surface area contributed by atoms with Gasteiger partial charge in [0.1, 0.15) is 5.82 Å². The minimum atomic E-state index is -0.421. The molecule has 0 aliphatic heterocycles. The Bertz CT molecular complexity index is 363. The predicted molar refractivity (Wildman–Crippen MR) is 62.4 cm³/mol. The van der Waals surface area contributed by atoms with Crippen LogP contribution in [-0.2, 0) is 0 Å². The van der Waals surface area contributed by atoms with Gasteiger partial charge in [0.25, 0.3) is 0 Å². The summed E-state index contributed by atoms with van der Waals surface area (Å²) in [6.45, 7) is 5.86. The molecule has 82 valence electrons. The van der Waals surface area contributed by atoms with Gasteiger partial charge in [-0.25, -0.2) is 4.39 Å². The highest BCUT2D eigenvalue weighted by atomic mass is 35.5. The first-order valence-corrected chi connectivity index (χ1v) is 5.30. The van der Waals surface area contributed by atoms with Gasteiger partial charge in [-0.3, -0.25) is 0 Å². The van der Waals surface area contributed by atoms with Crippen molar-refractivity contribution in [2.45, 2.75) is 25.8 Å². The Morgan fingerprint density at radius 3 is 2.87 bits per heavy atom. The fourth-order valence-electron chi connectivity index (χ4n) is 1.37. The van der Waals surface area contributed by atoms with E-state index in [1.165, 1.54) is 6.07 Å². The fraction of sp³-hybridized carbons (Fsp3) is 0.333. The minimum absolute atomic E-state index is 0.116. The van der Waals surface area contributed by atoms with Gasteiger partial charge in [-0.05, 0) is 18.9 Å². The zero-order chi connectivity index (χ0) is 11.4. The average molecular weight is 228 g/mol. The van der Waals surface area contributed by atoms with Crippen molar-refractivity contribution in [3.05, 3.63) is 46.8 Å². The van der Waals surface area contributed by atoms with Gasteiger partial charge >= 0.3 is 0 Å². The first kappa shape index (κ1) is 12.2. The smallest absolute Gasteiger partial charge is 0.146 e. The molecule has 0 aliphatic carbocycles. The maximum Gasteiger partial charge on any atom is 0.146 e. The molecule has 1 aromatic rings. The van der Waals surface area contributed by atoms with Crippen LogP contribution >= 0.6 is 11.6 Å². The second kappa shape index (κ2) is 5.29. The van der Waals surface area contributed by atoms with E-state index in [-0.39, 0.29) is 11.1 Å². The Kier molecular flexibility index (Phi) is 4.30. The van der Waals surface area contributed by atoms with Crippen molar-refractivity contribution in [3.8, 4) is 0 Å². The van der Waals surface area contributed by atoms with Gasteiger partial charge in [0.15, 0.2) is 0 Å². The van der Waals surface area contributed by atoms with Crippen LogP contribution in [-0.4, -0.2) is 0 Å². The summed E-state index contributed by atoms with van der Waals surface area (Å²) >= 11 is 5.68. The van der Waals surface area contributed by atoms with Gasteiger partial charge in [0, 0.05) is 11.6 Å². The predicted octanol–water partition coefficient (Wildman–Crippen LogP) is 3.84. The van der Waals surface area contributed by atoms with Crippen molar-refractivity contribution in [2.75, 3.05) is 0 Å². The van der Waals surface area contributed by atoms with Crippen LogP contribution in [0.1, 0.15) is 31.4 Å². The molecule has 0 aliphatic rings. The third kappa shape index (κ3) is 3.05. The molecule has 0 fully saturated rings. The summed E-state index contributed by atoms with van der Waals surface area (Å²) < 4.78 is 13.6. The number of hydrogen-bond acceptors (Lipinski definition) is 1. The normalized spacial score (nSPS) is 12.5. The second-order valence-corrected chi connectivity index (χ2v) is 3.96. The lowest BCUT2D eigenvalue weighted by Gasteiger charge is -2.14. The number of nitrogens with two attached hydrogens (primary N) is 1. The Balaban J connectivity index is 2.86. The number of benzene rings is 1. The number of halogens is 2. The molecule has 1 atom stereocenters. The highest BCUT2D eigenvalue weighted by molar-refractivity contribution is 6.30. The van der Waals surface area contributed by atoms with Crippen molar-refractivity contribution >= 4 is 11.6 Å². The lowest BCUT2D eigenvalue weighted by molar-refractivity contribution is 0.578. The molecule has 1 unspecified atom stereocenters. The molecule has 0 saturated carbocycles. The van der Waals surface area contributed by atoms with Crippen molar-refractivity contribution in [1.82, 2.24) is 0 Å². The molecule has 2 N–H and O–H groups in total. The monoisotopic (exact) mass is 227 g/mol. The fourth-order valence-corrected chi connectivity index (χ4v) is 1.55. The second-order valence-electron chi connectivity index (χ2n) is 3.56. The summed E-state index contributed by atoms with van der Waals surface area (Å²) in [5, 5.41) is 0.116. The van der Waals surface area contributed by atoms with Gasteiger partial charge < -0.3 is 5.73 Å². The number of hydrogen-bond donors (Lipinski definition) is 1. The summed E-state index contributed by atoms with van der Waals surface area (Å²) in [7, 11) is 0. The standard InChI is InChI=1S/C12H15ClFN/c1-3-8(2)7-11(15)9-5-4-6-10(13)12(9)14/h4-6,11H,2-3,7,15H2,1H3. The molecule has 0 spiro atoms. The van der Waals surface area contributed by atoms with Crippen molar-refractivity contribution in [3.63, 3.8) is 0 Å². The van der Waals surface area contributed by atoms with Gasteiger partial charge in [-0.15, -0.1) is 0 Å². The van der Waals surface area contributed by atoms with Crippen LogP contribution < -0.4 is 5.73 Å². The van der Waals surface area contributed by atoms with Crippen LogP contribution in [0.25, 0.3) is 0 Å². The molecule has 15 heavy (non-hydrogen) atoms. The lowest BCUT2D eigenvalue weighted by Crippen LogP contribution is -2.12. The Labute approximate surface area is 94.7 Å². The zero-order valence-corrected chi connectivity index (χ0v) is 9.52. The van der Waals surface area contributed by atoms with E-state index < -0.39 is 5.82 Å². The van der Waals surface area contributed by atoms with Crippen molar-refractivity contribution in [1.29, 1.82) is 0 Å². The molecule has 0 saturated heterocycles. The topological polar surface area (TPSA) is 26.0 Å². The molecule has 1 nitrogen and oxygen atoms in total. The summed E-state index contributed by atoms with van der Waals surface area (Å²) in [6, 6.07) is 4.52. The van der Waals surface area contributed by atoms with Crippen LogP contribution in [0.5, 0.6) is 0 Å². The Morgan fingerprint density at radius 1 is 1.60 bits per heavy atom. The Morgan fingerprint density at radius 2 is 2.27 bits per heavy atom. The molecule has 0 amide bonds. The summed E-state index contributed by atoms with van der Waals surface area (Å²) in [4.78, 5) is 0. The third-order valence-corrected chi connectivity index (χ3v) is 2.68. The molecular formula is C12H15ClFN. The molecule has 0 radical (unpaired) electrons. The first-order chi connectivity index (χ1) is 7.06. The maximum absolute atomic E-state index is 13.6. The largest absolute Gasteiger partial charge is 0.324 e. The van der Waals surface area contributed by atoms with E-state index in [9.17, 15) is 4.39 Å². The van der Waals surface area contributed by atoms with Gasteiger partial charge in [0.2, 0.25) is 0 Å². The third-order valence-electron chi connectivity index (χ3n) is 2.39. The van der Waals surface area contributed by atoms with Crippen molar-refractivity contribution < 1.29 is 4.39 Å². The van der Waals surface area contributed by atoms with E-state index in [1.807, 2.05) is 6.92 Å². The molecule has 1 aromatic carbocycles. The number of rotatable bonds is 4. The molecule has 0 heterocycles. The van der Waals surface area contributed by atoms with E-state index in [1.54, 1.807) is 12.1 Å². The van der Waals surface area contributed by atoms with E-state index in [0.717, 1.165) is 12.0 Å². The summed E-state index contributed by atoms with van der Waals surface area (Å²) in [6.07, 6.45) is 1.45. The molecule has 1 rings (SSSR count). The van der Waals surface area contributed by atoms with Gasteiger partial charge in [-0.2, -0.15) is 0 Å². The minimum Gasteiger partial charge on any atom is -0.324 e. The van der Waals surface area contributed by atoms with Crippen LogP contribution in [0.3, 0.4) is 0 Å². The molecule has 3 heteroatoms. The van der Waals surface area contributed by atoms with Crippen LogP contribution in [0.15, 0.2) is 30.4 Å². The Hall–Kier alpha value is -0.860. The highest BCUT2D eigenvalue weighted by Crippen LogP contribution is 2.25. The zero-order valence-electron chi connectivity index (χ0n) is 8.76. The van der Waals surface area contributed by atoms with Gasteiger partial charge in [-0.1, -0.05) is 42.8 Å². The quantitative estimate of drug-likeness (QED) is 0.778. The molecule has 0 aromatic heterocycles. The SMILES string of the molecule is C=C(CC)CC(N)c1cccc(Cl)c1F. The van der Waals surface area contributed by atoms with Crippen molar-refractivity contribution in [2.24, 2.45) is 5.73 Å². The lowest BCUT2D eigenvalue weighted by atomic mass is 9.99.